The molecule has 3 rings (SSSR count). The first-order valence-corrected chi connectivity index (χ1v) is 7.94. The van der Waals surface area contributed by atoms with E-state index < -0.39 is 5.97 Å². The third-order valence-corrected chi connectivity index (χ3v) is 4.15. The molecule has 4 heteroatoms. The molecule has 0 aliphatic carbocycles. The smallest absolute Gasteiger partial charge is 0.371 e. The minimum absolute atomic E-state index is 0.109. The lowest BCUT2D eigenvalue weighted by atomic mass is 9.99. The Hall–Kier alpha value is -3.27. The molecule has 0 spiro atoms. The lowest BCUT2D eigenvalue weighted by Gasteiger charge is -2.08. The Labute approximate surface area is 146 Å². The van der Waals surface area contributed by atoms with Crippen LogP contribution in [-0.4, -0.2) is 23.2 Å². The van der Waals surface area contributed by atoms with Gasteiger partial charge in [-0.15, -0.1) is 0 Å². The number of methoxy groups -OCH3 is 1. The van der Waals surface area contributed by atoms with Crippen LogP contribution in [0.2, 0.25) is 0 Å². The van der Waals surface area contributed by atoms with E-state index in [1.807, 2.05) is 48.5 Å². The molecular weight excluding hydrogens is 314 g/mol. The highest BCUT2D eigenvalue weighted by Gasteiger charge is 2.13. The summed E-state index contributed by atoms with van der Waals surface area (Å²) in [5.74, 6) is -1.21. The van der Waals surface area contributed by atoms with Crippen LogP contribution in [0.25, 0.3) is 16.5 Å². The van der Waals surface area contributed by atoms with Crippen molar-refractivity contribution in [2.75, 3.05) is 7.11 Å². The normalized spacial score (nSPS) is 12.4. The second-order valence-electron chi connectivity index (χ2n) is 5.66. The summed E-state index contributed by atoms with van der Waals surface area (Å²) >= 11 is 0. The summed E-state index contributed by atoms with van der Waals surface area (Å²) in [5, 5.41) is 10.3. The van der Waals surface area contributed by atoms with Gasteiger partial charge in [-0.2, -0.15) is 0 Å². The van der Waals surface area contributed by atoms with E-state index in [1.165, 1.54) is 13.2 Å². The topological polar surface area (TPSA) is 62.3 Å². The first-order chi connectivity index (χ1) is 12.1. The van der Waals surface area contributed by atoms with Gasteiger partial charge in [0, 0.05) is 16.5 Å². The number of allylic oxidation sites excluding steroid dienone is 2. The molecule has 0 saturated heterocycles. The van der Waals surface area contributed by atoms with Gasteiger partial charge in [-0.05, 0) is 36.3 Å². The van der Waals surface area contributed by atoms with Crippen LogP contribution in [-0.2, 0) is 9.53 Å². The quantitative estimate of drug-likeness (QED) is 0.410. The van der Waals surface area contributed by atoms with Gasteiger partial charge in [-0.1, -0.05) is 48.5 Å². The van der Waals surface area contributed by atoms with E-state index in [1.54, 1.807) is 6.08 Å². The number of carbonyl (C=O) groups is 1. The van der Waals surface area contributed by atoms with Crippen LogP contribution in [0.5, 0.6) is 0 Å². The number of hydrogen-bond acceptors (Lipinski definition) is 2. The van der Waals surface area contributed by atoms with E-state index in [4.69, 9.17) is 9.84 Å². The van der Waals surface area contributed by atoms with Crippen molar-refractivity contribution in [2.45, 2.75) is 6.92 Å². The van der Waals surface area contributed by atoms with Gasteiger partial charge in [-0.3, -0.25) is 0 Å². The Bertz CT molecular complexity index is 965. The highest BCUT2D eigenvalue weighted by atomic mass is 16.5. The summed E-state index contributed by atoms with van der Waals surface area (Å²) in [6, 6.07) is 18.0. The molecule has 0 unspecified atom stereocenters. The first kappa shape index (κ1) is 16.6. The van der Waals surface area contributed by atoms with Crippen LogP contribution >= 0.6 is 0 Å². The lowest BCUT2D eigenvalue weighted by molar-refractivity contribution is -0.136. The number of benzene rings is 2. The lowest BCUT2D eigenvalue weighted by Crippen LogP contribution is -2.02. The minimum atomic E-state index is -1.10. The number of rotatable bonds is 5. The van der Waals surface area contributed by atoms with Crippen molar-refractivity contribution in [3.8, 4) is 0 Å². The van der Waals surface area contributed by atoms with Crippen LogP contribution < -0.4 is 0 Å². The standard InChI is InChI=1S/C21H19NO3/c1-14-16-10-6-7-11-18(16)22-20(14)17(15-8-4-3-5-9-15)12-13-19(25-2)21(23)24/h3-13,22H,1-2H3,(H,23,24)/b17-12-,19-13+. The number of para-hydroxylation sites is 1. The Morgan fingerprint density at radius 3 is 2.36 bits per heavy atom. The van der Waals surface area contributed by atoms with Gasteiger partial charge in [0.1, 0.15) is 0 Å². The molecule has 1 heterocycles. The van der Waals surface area contributed by atoms with Crippen molar-refractivity contribution >= 4 is 22.4 Å². The average Bonchev–Trinajstić information content (AvgIpc) is 2.96. The number of aryl methyl sites for hydroxylation is 1. The zero-order chi connectivity index (χ0) is 17.8. The number of carboxylic acid groups (broad SMARTS) is 1. The first-order valence-electron chi connectivity index (χ1n) is 7.94. The Balaban J connectivity index is 2.20. The average molecular weight is 333 g/mol. The van der Waals surface area contributed by atoms with Crippen LogP contribution in [0.15, 0.2) is 72.5 Å². The SMILES string of the molecule is CO/C(=C/C=C(/c1ccccc1)c1[nH]c2ccccc2c1C)C(=O)O. The highest BCUT2D eigenvalue weighted by Crippen LogP contribution is 2.30. The van der Waals surface area contributed by atoms with Crippen molar-refractivity contribution < 1.29 is 14.6 Å². The molecule has 25 heavy (non-hydrogen) atoms. The zero-order valence-corrected chi connectivity index (χ0v) is 14.1. The van der Waals surface area contributed by atoms with Gasteiger partial charge in [-0.25, -0.2) is 4.79 Å². The van der Waals surface area contributed by atoms with Crippen molar-refractivity contribution in [1.29, 1.82) is 0 Å². The molecule has 0 saturated carbocycles. The molecule has 126 valence electrons. The molecule has 0 fully saturated rings. The van der Waals surface area contributed by atoms with Gasteiger partial charge in [0.05, 0.1) is 12.8 Å². The van der Waals surface area contributed by atoms with Gasteiger partial charge in [0.15, 0.2) is 0 Å². The number of ether oxygens (including phenoxy) is 1. The number of H-pyrrole nitrogens is 1. The Morgan fingerprint density at radius 2 is 1.72 bits per heavy atom. The molecule has 1 aromatic heterocycles. The fourth-order valence-corrected chi connectivity index (χ4v) is 2.88. The van der Waals surface area contributed by atoms with Gasteiger partial charge >= 0.3 is 5.97 Å². The molecule has 0 aliphatic rings. The summed E-state index contributed by atoms with van der Waals surface area (Å²) in [5.41, 5.74) is 5.03. The summed E-state index contributed by atoms with van der Waals surface area (Å²) in [4.78, 5) is 14.6. The van der Waals surface area contributed by atoms with Crippen molar-refractivity contribution in [3.63, 3.8) is 0 Å². The number of fused-ring (bicyclic) bond motifs is 1. The number of nitrogens with one attached hydrogen (secondary N) is 1. The molecule has 4 nitrogen and oxygen atoms in total. The molecule has 0 aliphatic heterocycles. The number of carboxylic acids is 1. The van der Waals surface area contributed by atoms with Crippen LogP contribution in [0.3, 0.4) is 0 Å². The maximum Gasteiger partial charge on any atom is 0.371 e. The van der Waals surface area contributed by atoms with E-state index >= 15 is 0 Å². The van der Waals surface area contributed by atoms with Crippen molar-refractivity contribution in [1.82, 2.24) is 4.98 Å². The molecule has 0 atom stereocenters. The van der Waals surface area contributed by atoms with Gasteiger partial charge in [0.25, 0.3) is 0 Å². The Morgan fingerprint density at radius 1 is 1.04 bits per heavy atom. The highest BCUT2D eigenvalue weighted by molar-refractivity contribution is 5.93. The monoisotopic (exact) mass is 333 g/mol. The molecular formula is C21H19NO3. The summed E-state index contributed by atoms with van der Waals surface area (Å²) < 4.78 is 4.93. The third kappa shape index (κ3) is 3.33. The van der Waals surface area contributed by atoms with Gasteiger partial charge in [0.2, 0.25) is 5.76 Å². The number of hydrogen-bond donors (Lipinski definition) is 2. The predicted octanol–water partition coefficient (Wildman–Crippen LogP) is 4.52. The predicted molar refractivity (Wildman–Crippen MR) is 99.3 cm³/mol. The fraction of sp³-hybridized carbons (Fsp3) is 0.0952. The van der Waals surface area contributed by atoms with E-state index in [-0.39, 0.29) is 5.76 Å². The molecule has 0 amide bonds. The molecule has 2 aromatic carbocycles. The number of aliphatic carboxylic acids is 1. The fourth-order valence-electron chi connectivity index (χ4n) is 2.88. The second-order valence-corrected chi connectivity index (χ2v) is 5.66. The molecule has 3 aromatic rings. The van der Waals surface area contributed by atoms with E-state index in [0.717, 1.165) is 33.3 Å². The van der Waals surface area contributed by atoms with Crippen molar-refractivity contribution in [2.24, 2.45) is 0 Å². The summed E-state index contributed by atoms with van der Waals surface area (Å²) in [6.07, 6.45) is 3.26. The Kier molecular flexibility index (Phi) is 4.70. The van der Waals surface area contributed by atoms with E-state index in [2.05, 4.69) is 18.0 Å². The van der Waals surface area contributed by atoms with Crippen LogP contribution in [0.1, 0.15) is 16.8 Å². The van der Waals surface area contributed by atoms with E-state index in [9.17, 15) is 4.79 Å². The second kappa shape index (κ2) is 7.09. The molecule has 0 bridgehead atoms. The van der Waals surface area contributed by atoms with Crippen LogP contribution in [0.4, 0.5) is 0 Å². The number of aromatic nitrogens is 1. The maximum absolute atomic E-state index is 11.2. The van der Waals surface area contributed by atoms with Crippen molar-refractivity contribution in [3.05, 3.63) is 89.3 Å². The summed E-state index contributed by atoms with van der Waals surface area (Å²) in [7, 11) is 1.35. The largest absolute Gasteiger partial charge is 0.490 e. The van der Waals surface area contributed by atoms with Gasteiger partial charge < -0.3 is 14.8 Å². The zero-order valence-electron chi connectivity index (χ0n) is 14.1. The molecule has 2 N–H and O–H groups in total. The minimum Gasteiger partial charge on any atom is -0.490 e. The van der Waals surface area contributed by atoms with E-state index in [0.29, 0.717) is 0 Å². The van der Waals surface area contributed by atoms with Crippen LogP contribution in [0, 0.1) is 6.92 Å². The summed E-state index contributed by atoms with van der Waals surface area (Å²) in [6.45, 7) is 2.06. The third-order valence-electron chi connectivity index (χ3n) is 4.15. The maximum atomic E-state index is 11.2. The number of aromatic amines is 1. The molecule has 0 radical (unpaired) electrons.